The molecule has 0 amide bonds. The summed E-state index contributed by atoms with van der Waals surface area (Å²) in [6, 6.07) is 13.8. The SMILES string of the molecule is COc1ccc(C(C)NCc2ccccc2Cl)c(OC)c1. The Morgan fingerprint density at radius 2 is 1.86 bits per heavy atom. The first-order valence-electron chi connectivity index (χ1n) is 6.84. The molecule has 0 heterocycles. The van der Waals surface area contributed by atoms with Gasteiger partial charge < -0.3 is 14.8 Å². The molecule has 0 fully saturated rings. The van der Waals surface area contributed by atoms with Gasteiger partial charge in [-0.2, -0.15) is 0 Å². The van der Waals surface area contributed by atoms with Crippen molar-refractivity contribution in [3.63, 3.8) is 0 Å². The van der Waals surface area contributed by atoms with Gasteiger partial charge in [0.2, 0.25) is 0 Å². The third-order valence-electron chi connectivity index (χ3n) is 3.46. The molecule has 3 nitrogen and oxygen atoms in total. The van der Waals surface area contributed by atoms with E-state index in [4.69, 9.17) is 21.1 Å². The van der Waals surface area contributed by atoms with Crippen LogP contribution in [0.2, 0.25) is 5.02 Å². The number of halogens is 1. The molecule has 1 atom stereocenters. The summed E-state index contributed by atoms with van der Waals surface area (Å²) in [6.45, 7) is 2.80. The molecule has 0 aliphatic rings. The van der Waals surface area contributed by atoms with Crippen LogP contribution < -0.4 is 14.8 Å². The minimum Gasteiger partial charge on any atom is -0.497 e. The maximum Gasteiger partial charge on any atom is 0.127 e. The molecule has 4 heteroatoms. The normalized spacial score (nSPS) is 12.0. The van der Waals surface area contributed by atoms with Crippen LogP contribution in [-0.4, -0.2) is 14.2 Å². The van der Waals surface area contributed by atoms with Crippen molar-refractivity contribution in [1.29, 1.82) is 0 Å². The van der Waals surface area contributed by atoms with Crippen molar-refractivity contribution >= 4 is 11.6 Å². The lowest BCUT2D eigenvalue weighted by Crippen LogP contribution is -2.19. The molecule has 2 rings (SSSR count). The number of ether oxygens (including phenoxy) is 2. The van der Waals surface area contributed by atoms with Gasteiger partial charge in [-0.05, 0) is 24.6 Å². The fourth-order valence-electron chi connectivity index (χ4n) is 2.19. The molecule has 0 spiro atoms. The quantitative estimate of drug-likeness (QED) is 0.867. The van der Waals surface area contributed by atoms with Crippen LogP contribution in [0.1, 0.15) is 24.1 Å². The zero-order valence-electron chi connectivity index (χ0n) is 12.5. The number of benzene rings is 2. The standard InChI is InChI=1S/C17H20ClNO2/c1-12(19-11-13-6-4-5-7-16(13)18)15-9-8-14(20-2)10-17(15)21-3/h4-10,12,19H,11H2,1-3H3. The fourth-order valence-corrected chi connectivity index (χ4v) is 2.39. The molecule has 0 saturated carbocycles. The average molecular weight is 306 g/mol. The first kappa shape index (κ1) is 15.7. The van der Waals surface area contributed by atoms with E-state index in [-0.39, 0.29) is 6.04 Å². The van der Waals surface area contributed by atoms with E-state index in [1.807, 2.05) is 42.5 Å². The summed E-state index contributed by atoms with van der Waals surface area (Å²) in [5.74, 6) is 1.60. The lowest BCUT2D eigenvalue weighted by Gasteiger charge is -2.18. The Kier molecular flexibility index (Phi) is 5.48. The van der Waals surface area contributed by atoms with Crippen LogP contribution in [-0.2, 0) is 6.54 Å². The van der Waals surface area contributed by atoms with Crippen molar-refractivity contribution in [1.82, 2.24) is 5.32 Å². The van der Waals surface area contributed by atoms with Crippen LogP contribution in [0.5, 0.6) is 11.5 Å². The van der Waals surface area contributed by atoms with Gasteiger partial charge in [-0.3, -0.25) is 0 Å². The van der Waals surface area contributed by atoms with Crippen LogP contribution in [0, 0.1) is 0 Å². The highest BCUT2D eigenvalue weighted by Gasteiger charge is 2.12. The largest absolute Gasteiger partial charge is 0.497 e. The van der Waals surface area contributed by atoms with E-state index in [0.717, 1.165) is 27.6 Å². The van der Waals surface area contributed by atoms with Gasteiger partial charge in [0.15, 0.2) is 0 Å². The predicted octanol–water partition coefficient (Wildman–Crippen LogP) is 4.21. The number of hydrogen-bond acceptors (Lipinski definition) is 3. The van der Waals surface area contributed by atoms with Crippen LogP contribution >= 0.6 is 11.6 Å². The first-order valence-corrected chi connectivity index (χ1v) is 7.22. The van der Waals surface area contributed by atoms with Gasteiger partial charge in [-0.1, -0.05) is 35.9 Å². The average Bonchev–Trinajstić information content (AvgIpc) is 2.53. The number of methoxy groups -OCH3 is 2. The molecule has 0 bridgehead atoms. The molecule has 112 valence electrons. The van der Waals surface area contributed by atoms with E-state index in [0.29, 0.717) is 6.54 Å². The molecule has 1 N–H and O–H groups in total. The molecule has 2 aromatic carbocycles. The highest BCUT2D eigenvalue weighted by atomic mass is 35.5. The van der Waals surface area contributed by atoms with Gasteiger partial charge in [-0.25, -0.2) is 0 Å². The molecule has 0 aliphatic heterocycles. The van der Waals surface area contributed by atoms with Crippen LogP contribution in [0.4, 0.5) is 0 Å². The molecular weight excluding hydrogens is 286 g/mol. The summed E-state index contributed by atoms with van der Waals surface area (Å²) in [5.41, 5.74) is 2.17. The monoisotopic (exact) mass is 305 g/mol. The summed E-state index contributed by atoms with van der Waals surface area (Å²) < 4.78 is 10.7. The number of rotatable bonds is 6. The van der Waals surface area contributed by atoms with Gasteiger partial charge in [0.25, 0.3) is 0 Å². The van der Waals surface area contributed by atoms with Crippen molar-refractivity contribution in [2.75, 3.05) is 14.2 Å². The molecule has 0 radical (unpaired) electrons. The molecule has 0 aliphatic carbocycles. The summed E-state index contributed by atoms with van der Waals surface area (Å²) >= 11 is 6.17. The zero-order valence-corrected chi connectivity index (χ0v) is 13.3. The minimum atomic E-state index is 0.141. The number of hydrogen-bond donors (Lipinski definition) is 1. The Hall–Kier alpha value is -1.71. The molecule has 0 saturated heterocycles. The topological polar surface area (TPSA) is 30.5 Å². The van der Waals surface area contributed by atoms with Crippen molar-refractivity contribution < 1.29 is 9.47 Å². The van der Waals surface area contributed by atoms with Crippen LogP contribution in [0.25, 0.3) is 0 Å². The van der Waals surface area contributed by atoms with E-state index >= 15 is 0 Å². The second-order valence-corrected chi connectivity index (χ2v) is 5.21. The van der Waals surface area contributed by atoms with Gasteiger partial charge in [0, 0.05) is 29.2 Å². The summed E-state index contributed by atoms with van der Waals surface area (Å²) in [4.78, 5) is 0. The van der Waals surface area contributed by atoms with Crippen molar-refractivity contribution in [2.45, 2.75) is 19.5 Å². The van der Waals surface area contributed by atoms with Crippen molar-refractivity contribution in [2.24, 2.45) is 0 Å². The lowest BCUT2D eigenvalue weighted by atomic mass is 10.1. The van der Waals surface area contributed by atoms with Crippen LogP contribution in [0.3, 0.4) is 0 Å². The zero-order chi connectivity index (χ0) is 15.2. The molecule has 1 unspecified atom stereocenters. The third kappa shape index (κ3) is 3.90. The fraction of sp³-hybridized carbons (Fsp3) is 0.294. The summed E-state index contributed by atoms with van der Waals surface area (Å²) in [7, 11) is 3.31. The second-order valence-electron chi connectivity index (χ2n) is 4.80. The molecular formula is C17H20ClNO2. The summed E-state index contributed by atoms with van der Waals surface area (Å²) in [5, 5.41) is 4.24. The highest BCUT2D eigenvalue weighted by Crippen LogP contribution is 2.29. The van der Waals surface area contributed by atoms with Gasteiger partial charge in [-0.15, -0.1) is 0 Å². The third-order valence-corrected chi connectivity index (χ3v) is 3.83. The first-order chi connectivity index (χ1) is 10.2. The molecule has 2 aromatic rings. The minimum absolute atomic E-state index is 0.141. The lowest BCUT2D eigenvalue weighted by molar-refractivity contribution is 0.386. The molecule has 0 aromatic heterocycles. The van der Waals surface area contributed by atoms with Crippen molar-refractivity contribution in [3.8, 4) is 11.5 Å². The maximum absolute atomic E-state index is 6.17. The van der Waals surface area contributed by atoms with E-state index in [1.54, 1.807) is 14.2 Å². The predicted molar refractivity (Wildman–Crippen MR) is 86.3 cm³/mol. The van der Waals surface area contributed by atoms with Gasteiger partial charge in [0.05, 0.1) is 14.2 Å². The molecule has 21 heavy (non-hydrogen) atoms. The number of nitrogens with one attached hydrogen (secondary N) is 1. The van der Waals surface area contributed by atoms with E-state index in [2.05, 4.69) is 12.2 Å². The highest BCUT2D eigenvalue weighted by molar-refractivity contribution is 6.31. The Morgan fingerprint density at radius 1 is 1.10 bits per heavy atom. The van der Waals surface area contributed by atoms with E-state index in [9.17, 15) is 0 Å². The van der Waals surface area contributed by atoms with E-state index < -0.39 is 0 Å². The Morgan fingerprint density at radius 3 is 2.52 bits per heavy atom. The Labute approximate surface area is 130 Å². The maximum atomic E-state index is 6.17. The van der Waals surface area contributed by atoms with Gasteiger partial charge in [0.1, 0.15) is 11.5 Å². The Bertz CT molecular complexity index is 601. The second kappa shape index (κ2) is 7.34. The smallest absolute Gasteiger partial charge is 0.127 e. The van der Waals surface area contributed by atoms with Gasteiger partial charge >= 0.3 is 0 Å². The Balaban J connectivity index is 2.10. The summed E-state index contributed by atoms with van der Waals surface area (Å²) in [6.07, 6.45) is 0. The van der Waals surface area contributed by atoms with E-state index in [1.165, 1.54) is 0 Å². The van der Waals surface area contributed by atoms with Crippen LogP contribution in [0.15, 0.2) is 42.5 Å². The van der Waals surface area contributed by atoms with Crippen molar-refractivity contribution in [3.05, 3.63) is 58.6 Å².